The van der Waals surface area contributed by atoms with Crippen LogP contribution in [0.15, 0.2) is 16.3 Å². The summed E-state index contributed by atoms with van der Waals surface area (Å²) in [5.74, 6) is 0.103. The van der Waals surface area contributed by atoms with Gasteiger partial charge < -0.3 is 5.11 Å². The van der Waals surface area contributed by atoms with Crippen LogP contribution in [-0.2, 0) is 9.92 Å². The van der Waals surface area contributed by atoms with Gasteiger partial charge in [0.1, 0.15) is 14.1 Å². The lowest BCUT2D eigenvalue weighted by Crippen LogP contribution is -2.40. The van der Waals surface area contributed by atoms with Crippen molar-refractivity contribution in [3.8, 4) is 0 Å². The molecule has 1 heterocycles. The number of halogens is 1. The number of nitrogens with one attached hydrogen (secondary N) is 2. The van der Waals surface area contributed by atoms with E-state index in [1.54, 1.807) is 12.1 Å². The van der Waals surface area contributed by atoms with E-state index in [4.69, 9.17) is 21.5 Å². The van der Waals surface area contributed by atoms with Crippen LogP contribution >= 0.6 is 22.9 Å². The topological polar surface area (TPSA) is 73.2 Å². The first-order valence-electron chi connectivity index (χ1n) is 4.79. The molecule has 0 spiro atoms. The second-order valence-corrected chi connectivity index (χ2v) is 7.53. The first kappa shape index (κ1) is 13.9. The van der Waals surface area contributed by atoms with Crippen molar-refractivity contribution in [2.45, 2.75) is 24.1 Å². The highest BCUT2D eigenvalue weighted by Crippen LogP contribution is 2.26. The highest BCUT2D eigenvalue weighted by Gasteiger charge is 2.20. The molecule has 0 aliphatic carbocycles. The van der Waals surface area contributed by atoms with E-state index >= 15 is 0 Å². The highest BCUT2D eigenvalue weighted by atomic mass is 35.5. The van der Waals surface area contributed by atoms with Crippen molar-refractivity contribution in [1.82, 2.24) is 4.72 Å². The molecule has 1 unspecified atom stereocenters. The minimum atomic E-state index is -3.07. The predicted molar refractivity (Wildman–Crippen MR) is 67.3 cm³/mol. The Hall–Kier alpha value is -0.140. The van der Waals surface area contributed by atoms with Crippen LogP contribution in [-0.4, -0.2) is 22.0 Å². The zero-order chi connectivity index (χ0) is 12.3. The fraction of sp³-hybridized carbons (Fsp3) is 0.556. The van der Waals surface area contributed by atoms with Gasteiger partial charge in [0.25, 0.3) is 0 Å². The molecule has 3 N–H and O–H groups in total. The van der Waals surface area contributed by atoms with Gasteiger partial charge in [0, 0.05) is 6.04 Å². The third-order valence-corrected chi connectivity index (χ3v) is 5.47. The Labute approximate surface area is 105 Å². The standard InChI is InChI=1S/C9H15ClN2O2S2/c1-6(2)7(5-13)12-16(11,14)9-4-3-8(10)15-9/h3-4,6-7,13H,5H2,1-2H3,(H2,11,12,14)/t7-,16?/m1/s1. The Morgan fingerprint density at radius 1 is 1.62 bits per heavy atom. The van der Waals surface area contributed by atoms with Gasteiger partial charge in [0.2, 0.25) is 0 Å². The van der Waals surface area contributed by atoms with E-state index in [0.717, 1.165) is 11.3 Å². The smallest absolute Gasteiger partial charge is 0.144 e. The highest BCUT2D eigenvalue weighted by molar-refractivity contribution is 7.92. The average molecular weight is 283 g/mol. The van der Waals surface area contributed by atoms with Gasteiger partial charge in [0.15, 0.2) is 0 Å². The molecule has 0 aliphatic heterocycles. The van der Waals surface area contributed by atoms with Crippen LogP contribution in [0.1, 0.15) is 13.8 Å². The summed E-state index contributed by atoms with van der Waals surface area (Å²) in [6.45, 7) is 3.64. The molecule has 0 saturated carbocycles. The summed E-state index contributed by atoms with van der Waals surface area (Å²) >= 11 is 6.85. The van der Waals surface area contributed by atoms with E-state index in [-0.39, 0.29) is 18.6 Å². The number of aliphatic hydroxyl groups is 1. The lowest BCUT2D eigenvalue weighted by atomic mass is 10.1. The van der Waals surface area contributed by atoms with Crippen LogP contribution in [0.3, 0.4) is 0 Å². The number of aliphatic hydroxyl groups excluding tert-OH is 1. The van der Waals surface area contributed by atoms with Gasteiger partial charge in [-0.3, -0.25) is 0 Å². The number of hydrogen-bond acceptors (Lipinski definition) is 4. The Balaban J connectivity index is 2.87. The lowest BCUT2D eigenvalue weighted by Gasteiger charge is -2.20. The molecule has 0 aromatic carbocycles. The molecule has 0 amide bonds. The minimum Gasteiger partial charge on any atom is -0.395 e. The second-order valence-electron chi connectivity index (χ2n) is 3.77. The molecule has 0 aliphatic rings. The Kier molecular flexibility index (Phi) is 4.75. The second kappa shape index (κ2) is 5.46. The molecule has 1 aromatic rings. The molecular formula is C9H15ClN2O2S2. The number of rotatable bonds is 5. The van der Waals surface area contributed by atoms with Gasteiger partial charge in [-0.15, -0.1) is 11.3 Å². The van der Waals surface area contributed by atoms with Crippen molar-refractivity contribution >= 4 is 32.9 Å². The molecule has 1 aromatic heterocycles. The van der Waals surface area contributed by atoms with Gasteiger partial charge in [-0.1, -0.05) is 25.4 Å². The van der Waals surface area contributed by atoms with Crippen LogP contribution in [0.2, 0.25) is 4.34 Å². The van der Waals surface area contributed by atoms with Gasteiger partial charge in [-0.2, -0.15) is 0 Å². The van der Waals surface area contributed by atoms with E-state index < -0.39 is 9.92 Å². The van der Waals surface area contributed by atoms with Crippen molar-refractivity contribution in [3.05, 3.63) is 16.5 Å². The first-order valence-corrected chi connectivity index (χ1v) is 7.54. The predicted octanol–water partition coefficient (Wildman–Crippen LogP) is 2.33. The van der Waals surface area contributed by atoms with Gasteiger partial charge in [-0.05, 0) is 18.1 Å². The molecule has 1 rings (SSSR count). The summed E-state index contributed by atoms with van der Waals surface area (Å²) in [4.78, 5) is 0. The summed E-state index contributed by atoms with van der Waals surface area (Å²) in [6.07, 6.45) is 0. The van der Waals surface area contributed by atoms with Crippen molar-refractivity contribution < 1.29 is 9.32 Å². The summed E-state index contributed by atoms with van der Waals surface area (Å²) in [5.41, 5.74) is 0. The maximum absolute atomic E-state index is 12.1. The molecule has 0 bridgehead atoms. The van der Waals surface area contributed by atoms with E-state index in [9.17, 15) is 4.21 Å². The molecule has 92 valence electrons. The SMILES string of the molecule is CC(C)[C@@H](CO)NS(=N)(=O)c1ccc(Cl)s1. The molecule has 0 radical (unpaired) electrons. The molecular weight excluding hydrogens is 268 g/mol. The van der Waals surface area contributed by atoms with Crippen LogP contribution in [0.4, 0.5) is 0 Å². The normalized spacial score (nSPS) is 17.3. The number of hydrogen-bond donors (Lipinski definition) is 3. The van der Waals surface area contributed by atoms with Crippen LogP contribution in [0.25, 0.3) is 0 Å². The van der Waals surface area contributed by atoms with Crippen molar-refractivity contribution in [3.63, 3.8) is 0 Å². The van der Waals surface area contributed by atoms with E-state index in [1.165, 1.54) is 0 Å². The monoisotopic (exact) mass is 282 g/mol. The van der Waals surface area contributed by atoms with E-state index in [0.29, 0.717) is 8.55 Å². The molecule has 0 saturated heterocycles. The Morgan fingerprint density at radius 3 is 2.62 bits per heavy atom. The quantitative estimate of drug-likeness (QED) is 0.775. The number of thiophene rings is 1. The molecule has 7 heteroatoms. The zero-order valence-corrected chi connectivity index (χ0v) is 11.5. The largest absolute Gasteiger partial charge is 0.395 e. The summed E-state index contributed by atoms with van der Waals surface area (Å²) in [5, 5.41) is 9.12. The van der Waals surface area contributed by atoms with Gasteiger partial charge in [-0.25, -0.2) is 13.7 Å². The Morgan fingerprint density at radius 2 is 2.25 bits per heavy atom. The van der Waals surface area contributed by atoms with Crippen LogP contribution < -0.4 is 4.72 Å². The van der Waals surface area contributed by atoms with Crippen molar-refractivity contribution in [2.24, 2.45) is 5.92 Å². The summed E-state index contributed by atoms with van der Waals surface area (Å²) in [6, 6.07) is 2.83. The molecule has 2 atom stereocenters. The van der Waals surface area contributed by atoms with Crippen molar-refractivity contribution in [2.75, 3.05) is 6.61 Å². The lowest BCUT2D eigenvalue weighted by molar-refractivity contribution is 0.229. The Bertz CT molecular complexity index is 442. The maximum Gasteiger partial charge on any atom is 0.144 e. The van der Waals surface area contributed by atoms with E-state index in [2.05, 4.69) is 4.72 Å². The summed E-state index contributed by atoms with van der Waals surface area (Å²) < 4.78 is 23.4. The van der Waals surface area contributed by atoms with Crippen LogP contribution in [0.5, 0.6) is 0 Å². The minimum absolute atomic E-state index is 0.103. The van der Waals surface area contributed by atoms with Gasteiger partial charge in [0.05, 0.1) is 10.9 Å². The fourth-order valence-electron chi connectivity index (χ4n) is 1.11. The van der Waals surface area contributed by atoms with E-state index in [1.807, 2.05) is 13.8 Å². The average Bonchev–Trinajstić information content (AvgIpc) is 2.61. The third-order valence-electron chi connectivity index (χ3n) is 2.15. The van der Waals surface area contributed by atoms with Gasteiger partial charge >= 0.3 is 0 Å². The fourth-order valence-corrected chi connectivity index (χ4v) is 4.05. The van der Waals surface area contributed by atoms with Crippen LogP contribution in [0, 0.1) is 10.7 Å². The molecule has 4 nitrogen and oxygen atoms in total. The molecule has 0 fully saturated rings. The summed E-state index contributed by atoms with van der Waals surface area (Å²) in [7, 11) is -3.07. The molecule has 16 heavy (non-hydrogen) atoms. The third kappa shape index (κ3) is 3.43. The van der Waals surface area contributed by atoms with Crippen molar-refractivity contribution in [1.29, 1.82) is 4.78 Å². The first-order chi connectivity index (χ1) is 7.36. The zero-order valence-electron chi connectivity index (χ0n) is 9.07. The maximum atomic E-state index is 12.1.